The number of nitrogens with one attached hydrogen (secondary N) is 1. The van der Waals surface area contributed by atoms with E-state index in [1.165, 1.54) is 0 Å². The topological polar surface area (TPSA) is 110 Å². The lowest BCUT2D eigenvalue weighted by Gasteiger charge is -2.26. The molecular weight excluding hydrogens is 285 g/mol. The molecule has 0 aliphatic heterocycles. The van der Waals surface area contributed by atoms with E-state index in [0.29, 0.717) is 4.90 Å². The molecule has 10 heteroatoms. The molecule has 0 radical (unpaired) electrons. The molecule has 0 saturated carbocycles. The molecule has 0 aliphatic carbocycles. The maximum absolute atomic E-state index is 12.2. The molecule has 118 valence electrons. The van der Waals surface area contributed by atoms with E-state index in [0.717, 1.165) is 6.92 Å². The molecule has 0 aromatic rings. The summed E-state index contributed by atoms with van der Waals surface area (Å²) in [5.74, 6) is -1.31. The van der Waals surface area contributed by atoms with Crippen molar-refractivity contribution in [3.63, 3.8) is 0 Å². The van der Waals surface area contributed by atoms with E-state index >= 15 is 0 Å². The molecule has 4 N–H and O–H groups in total. The zero-order valence-electron chi connectivity index (χ0n) is 10.8. The molecule has 0 aromatic heterocycles. The van der Waals surface area contributed by atoms with Gasteiger partial charge in [0.15, 0.2) is 0 Å². The molecule has 0 spiro atoms. The van der Waals surface area contributed by atoms with Gasteiger partial charge in [0.25, 0.3) is 0 Å². The Labute approximate surface area is 113 Å². The van der Waals surface area contributed by atoms with Crippen LogP contribution in [0.5, 0.6) is 0 Å². The van der Waals surface area contributed by atoms with E-state index in [-0.39, 0.29) is 0 Å². The Morgan fingerprint density at radius 3 is 2.25 bits per heavy atom. The number of rotatable bonds is 7. The van der Waals surface area contributed by atoms with Crippen LogP contribution >= 0.6 is 0 Å². The van der Waals surface area contributed by atoms with Gasteiger partial charge in [0.1, 0.15) is 6.54 Å². The summed E-state index contributed by atoms with van der Waals surface area (Å²) >= 11 is 0. The van der Waals surface area contributed by atoms with Gasteiger partial charge in [0.2, 0.25) is 0 Å². The summed E-state index contributed by atoms with van der Waals surface area (Å²) in [7, 11) is 0. The number of carboxylic acid groups (broad SMARTS) is 1. The molecular formula is C10H17F3N2O5. The molecule has 0 aromatic carbocycles. The van der Waals surface area contributed by atoms with Crippen molar-refractivity contribution in [3.05, 3.63) is 0 Å². The Balaban J connectivity index is 4.50. The number of carbonyl (C=O) groups is 2. The summed E-state index contributed by atoms with van der Waals surface area (Å²) in [6.45, 7) is -2.15. The van der Waals surface area contributed by atoms with E-state index in [4.69, 9.17) is 10.2 Å². The normalized spacial score (nSPS) is 14.5. The van der Waals surface area contributed by atoms with Gasteiger partial charge in [-0.15, -0.1) is 0 Å². The monoisotopic (exact) mass is 302 g/mol. The highest BCUT2D eigenvalue weighted by Crippen LogP contribution is 2.16. The summed E-state index contributed by atoms with van der Waals surface area (Å²) in [5.41, 5.74) is -1.79. The minimum absolute atomic E-state index is 0.316. The van der Waals surface area contributed by atoms with E-state index in [9.17, 15) is 27.9 Å². The lowest BCUT2D eigenvalue weighted by Crippen LogP contribution is -2.50. The third-order valence-corrected chi connectivity index (χ3v) is 2.18. The van der Waals surface area contributed by atoms with Crippen molar-refractivity contribution < 1.29 is 38.1 Å². The van der Waals surface area contributed by atoms with Crippen LogP contribution in [0.25, 0.3) is 0 Å². The van der Waals surface area contributed by atoms with Crippen LogP contribution in [0.3, 0.4) is 0 Å². The molecule has 0 saturated heterocycles. The van der Waals surface area contributed by atoms with Crippen LogP contribution in [-0.2, 0) is 4.79 Å². The smallest absolute Gasteiger partial charge is 0.406 e. The van der Waals surface area contributed by atoms with Gasteiger partial charge in [-0.05, 0) is 6.92 Å². The summed E-state index contributed by atoms with van der Waals surface area (Å²) in [4.78, 5) is 22.2. The number of hydrogen-bond acceptors (Lipinski definition) is 4. The van der Waals surface area contributed by atoms with Crippen LogP contribution in [0.2, 0.25) is 0 Å². The Hall–Kier alpha value is -1.55. The van der Waals surface area contributed by atoms with Crippen molar-refractivity contribution in [1.29, 1.82) is 0 Å². The van der Waals surface area contributed by atoms with E-state index < -0.39 is 56.4 Å². The maximum Gasteiger partial charge on any atom is 0.406 e. The average Bonchev–Trinajstić information content (AvgIpc) is 2.22. The third-order valence-electron chi connectivity index (χ3n) is 2.18. The van der Waals surface area contributed by atoms with Crippen LogP contribution in [-0.4, -0.2) is 70.2 Å². The Bertz CT molecular complexity index is 346. The molecule has 0 heterocycles. The van der Waals surface area contributed by atoms with Crippen LogP contribution in [0.15, 0.2) is 0 Å². The van der Waals surface area contributed by atoms with Gasteiger partial charge in [-0.25, -0.2) is 4.79 Å². The number of urea groups is 1. The zero-order valence-corrected chi connectivity index (χ0v) is 10.8. The number of halogens is 3. The summed E-state index contributed by atoms with van der Waals surface area (Å²) < 4.78 is 36.6. The van der Waals surface area contributed by atoms with E-state index in [1.807, 2.05) is 5.32 Å². The molecule has 0 fully saturated rings. The standard InChI is InChI=1S/C10H17F3N2O5/c1-9(20,4-7(17)18)5-14-8(19)15(2-3-16)6-10(11,12)13/h16,20H,2-6H2,1H3,(H,14,19)(H,17,18). The van der Waals surface area contributed by atoms with E-state index in [2.05, 4.69) is 0 Å². The number of alkyl halides is 3. The minimum atomic E-state index is -4.63. The first-order chi connectivity index (χ1) is 8.97. The summed E-state index contributed by atoms with van der Waals surface area (Å²) in [6, 6.07) is -1.15. The fourth-order valence-corrected chi connectivity index (χ4v) is 1.36. The Morgan fingerprint density at radius 2 is 1.85 bits per heavy atom. The number of aliphatic hydroxyl groups is 2. The fourth-order valence-electron chi connectivity index (χ4n) is 1.36. The van der Waals surface area contributed by atoms with Gasteiger partial charge < -0.3 is 25.5 Å². The highest BCUT2D eigenvalue weighted by molar-refractivity contribution is 5.74. The molecule has 1 unspecified atom stereocenters. The van der Waals surface area contributed by atoms with Gasteiger partial charge in [0.05, 0.1) is 18.6 Å². The Morgan fingerprint density at radius 1 is 1.30 bits per heavy atom. The van der Waals surface area contributed by atoms with Crippen molar-refractivity contribution in [2.24, 2.45) is 0 Å². The van der Waals surface area contributed by atoms with Crippen molar-refractivity contribution in [3.8, 4) is 0 Å². The molecule has 7 nitrogen and oxygen atoms in total. The first-order valence-electron chi connectivity index (χ1n) is 5.61. The summed E-state index contributed by atoms with van der Waals surface area (Å²) in [6.07, 6.45) is -5.30. The SMILES string of the molecule is CC(O)(CNC(=O)N(CCO)CC(F)(F)F)CC(=O)O. The first kappa shape index (κ1) is 18.4. The van der Waals surface area contributed by atoms with Crippen molar-refractivity contribution >= 4 is 12.0 Å². The van der Waals surface area contributed by atoms with Crippen LogP contribution < -0.4 is 5.32 Å². The largest absolute Gasteiger partial charge is 0.481 e. The van der Waals surface area contributed by atoms with Crippen molar-refractivity contribution in [2.45, 2.75) is 25.1 Å². The second kappa shape index (κ2) is 7.29. The van der Waals surface area contributed by atoms with Gasteiger partial charge in [-0.3, -0.25) is 4.79 Å². The molecule has 1 atom stereocenters. The molecule has 0 aliphatic rings. The second-order valence-corrected chi connectivity index (χ2v) is 4.49. The van der Waals surface area contributed by atoms with Crippen molar-refractivity contribution in [2.75, 3.05) is 26.2 Å². The zero-order chi connectivity index (χ0) is 16.0. The third kappa shape index (κ3) is 8.53. The van der Waals surface area contributed by atoms with Gasteiger partial charge in [-0.2, -0.15) is 13.2 Å². The van der Waals surface area contributed by atoms with E-state index in [1.54, 1.807) is 0 Å². The predicted molar refractivity (Wildman–Crippen MR) is 61.0 cm³/mol. The number of nitrogens with zero attached hydrogens (tertiary/aromatic N) is 1. The second-order valence-electron chi connectivity index (χ2n) is 4.49. The predicted octanol–water partition coefficient (Wildman–Crippen LogP) is -0.222. The molecule has 2 amide bonds. The fraction of sp³-hybridized carbons (Fsp3) is 0.800. The number of aliphatic hydroxyl groups excluding tert-OH is 1. The Kier molecular flexibility index (Phi) is 6.73. The number of aliphatic carboxylic acids is 1. The van der Waals surface area contributed by atoms with Crippen molar-refractivity contribution in [1.82, 2.24) is 10.2 Å². The number of hydrogen-bond donors (Lipinski definition) is 4. The van der Waals surface area contributed by atoms with Crippen LogP contribution in [0.1, 0.15) is 13.3 Å². The van der Waals surface area contributed by atoms with Gasteiger partial charge in [-0.1, -0.05) is 0 Å². The lowest BCUT2D eigenvalue weighted by molar-refractivity contribution is -0.141. The number of amides is 2. The average molecular weight is 302 g/mol. The molecule has 0 rings (SSSR count). The first-order valence-corrected chi connectivity index (χ1v) is 5.61. The molecule has 0 bridgehead atoms. The van der Waals surface area contributed by atoms with Crippen LogP contribution in [0.4, 0.5) is 18.0 Å². The van der Waals surface area contributed by atoms with Gasteiger partial charge >= 0.3 is 18.2 Å². The van der Waals surface area contributed by atoms with Gasteiger partial charge in [0, 0.05) is 13.1 Å². The molecule has 20 heavy (non-hydrogen) atoms. The number of carbonyl (C=O) groups excluding carboxylic acids is 1. The summed E-state index contributed by atoms with van der Waals surface area (Å²) in [5, 5.41) is 28.7. The number of carboxylic acids is 1. The minimum Gasteiger partial charge on any atom is -0.481 e. The lowest BCUT2D eigenvalue weighted by atomic mass is 10.0. The quantitative estimate of drug-likeness (QED) is 0.519. The highest BCUT2D eigenvalue weighted by Gasteiger charge is 2.33. The maximum atomic E-state index is 12.2. The highest BCUT2D eigenvalue weighted by atomic mass is 19.4. The van der Waals surface area contributed by atoms with Crippen LogP contribution in [0, 0.1) is 0 Å².